The van der Waals surface area contributed by atoms with E-state index in [-0.39, 0.29) is 12.4 Å². The molecule has 4 rings (SSSR count). The van der Waals surface area contributed by atoms with Crippen molar-refractivity contribution in [2.75, 3.05) is 6.61 Å². The minimum absolute atomic E-state index is 0.189. The van der Waals surface area contributed by atoms with Crippen molar-refractivity contribution in [3.8, 4) is 0 Å². The summed E-state index contributed by atoms with van der Waals surface area (Å²) in [5, 5.41) is 9.92. The van der Waals surface area contributed by atoms with Gasteiger partial charge in [-0.25, -0.2) is 4.79 Å². The maximum atomic E-state index is 13.1. The van der Waals surface area contributed by atoms with Crippen LogP contribution in [0.5, 0.6) is 0 Å². The maximum absolute atomic E-state index is 13.1. The van der Waals surface area contributed by atoms with Crippen LogP contribution in [-0.4, -0.2) is 52.8 Å². The van der Waals surface area contributed by atoms with Crippen molar-refractivity contribution in [1.82, 2.24) is 0 Å². The van der Waals surface area contributed by atoms with Crippen LogP contribution < -0.4 is 0 Å². The van der Waals surface area contributed by atoms with Crippen LogP contribution in [0.3, 0.4) is 0 Å². The molecule has 0 spiro atoms. The SMILES string of the molecule is C/C=C(\C)C(=O)O[C@@]12CC=C(CO)[C@@H]1[C@H]1OC(=O)[C@@H](C)[C@@H]1C(=O)[C@H]1O[C@]12C. The number of allylic oxidation sites excluding steroid dienone is 1. The fraction of sp³-hybridized carbons (Fsp3) is 0.650. The number of hydrogen-bond acceptors (Lipinski definition) is 7. The summed E-state index contributed by atoms with van der Waals surface area (Å²) in [7, 11) is 0. The molecular formula is C20H24O7. The standard InChI is InChI=1S/C20H24O7/c1-5-9(2)17(23)27-20-7-6-11(8-21)13(20)15-12(10(3)18(24)25-15)14(22)16-19(20,4)26-16/h5-6,10,12-13,15-16,21H,7-8H2,1-4H3/b9-5+/t10-,12+,13+,15-,16+,19+,20-/m0/s1. The van der Waals surface area contributed by atoms with Crippen molar-refractivity contribution < 1.29 is 33.7 Å². The number of rotatable bonds is 3. The number of hydrogen-bond donors (Lipinski definition) is 1. The summed E-state index contributed by atoms with van der Waals surface area (Å²) in [6.45, 7) is 6.56. The molecule has 4 aliphatic rings. The van der Waals surface area contributed by atoms with E-state index in [0.717, 1.165) is 0 Å². The molecule has 1 saturated carbocycles. The summed E-state index contributed by atoms with van der Waals surface area (Å²) in [5.74, 6) is -3.03. The van der Waals surface area contributed by atoms with Gasteiger partial charge in [-0.05, 0) is 26.3 Å². The second-order valence-electron chi connectivity index (χ2n) is 8.09. The van der Waals surface area contributed by atoms with Crippen LogP contribution in [0.15, 0.2) is 23.3 Å². The van der Waals surface area contributed by atoms with Gasteiger partial charge >= 0.3 is 11.9 Å². The molecule has 1 N–H and O–H groups in total. The molecule has 0 bridgehead atoms. The molecule has 2 saturated heterocycles. The third kappa shape index (κ3) is 2.18. The largest absolute Gasteiger partial charge is 0.461 e. The highest BCUT2D eigenvalue weighted by Crippen LogP contribution is 2.63. The van der Waals surface area contributed by atoms with E-state index < -0.39 is 53.1 Å². The third-order valence-electron chi connectivity index (χ3n) is 6.86. The summed E-state index contributed by atoms with van der Waals surface area (Å²) in [6.07, 6.45) is 2.24. The fourth-order valence-electron chi connectivity index (χ4n) is 5.02. The zero-order valence-corrected chi connectivity index (χ0v) is 15.9. The predicted molar refractivity (Wildman–Crippen MR) is 92.3 cm³/mol. The van der Waals surface area contributed by atoms with E-state index in [1.807, 2.05) is 6.08 Å². The average molecular weight is 376 g/mol. The Morgan fingerprint density at radius 1 is 1.44 bits per heavy atom. The van der Waals surface area contributed by atoms with Crippen molar-refractivity contribution >= 4 is 17.7 Å². The highest BCUT2D eigenvalue weighted by atomic mass is 16.7. The van der Waals surface area contributed by atoms with Gasteiger partial charge in [0.1, 0.15) is 17.8 Å². The van der Waals surface area contributed by atoms with E-state index in [2.05, 4.69) is 0 Å². The van der Waals surface area contributed by atoms with Gasteiger partial charge in [-0.3, -0.25) is 9.59 Å². The minimum atomic E-state index is -1.20. The van der Waals surface area contributed by atoms with Crippen molar-refractivity contribution in [3.05, 3.63) is 23.3 Å². The Labute approximate surface area is 157 Å². The quantitative estimate of drug-likeness (QED) is 0.340. The van der Waals surface area contributed by atoms with E-state index in [9.17, 15) is 19.5 Å². The monoisotopic (exact) mass is 376 g/mol. The first kappa shape index (κ1) is 18.4. The van der Waals surface area contributed by atoms with Crippen molar-refractivity contribution in [2.45, 2.75) is 57.5 Å². The van der Waals surface area contributed by atoms with Gasteiger partial charge in [0.2, 0.25) is 0 Å². The van der Waals surface area contributed by atoms with Crippen LogP contribution in [0.4, 0.5) is 0 Å². The maximum Gasteiger partial charge on any atom is 0.334 e. The topological polar surface area (TPSA) is 102 Å². The lowest BCUT2D eigenvalue weighted by molar-refractivity contribution is -0.177. The highest BCUT2D eigenvalue weighted by Gasteiger charge is 2.80. The second kappa shape index (κ2) is 5.75. The zero-order chi connectivity index (χ0) is 19.7. The average Bonchev–Trinajstić information content (AvgIpc) is 3.10. The molecule has 27 heavy (non-hydrogen) atoms. The lowest BCUT2D eigenvalue weighted by Crippen LogP contribution is -2.55. The molecule has 0 amide bonds. The number of ether oxygens (including phenoxy) is 3. The molecule has 0 radical (unpaired) electrons. The van der Waals surface area contributed by atoms with Crippen molar-refractivity contribution in [2.24, 2.45) is 17.8 Å². The number of aliphatic hydroxyl groups is 1. The Kier molecular flexibility index (Phi) is 3.92. The molecule has 146 valence electrons. The molecule has 2 heterocycles. The van der Waals surface area contributed by atoms with Gasteiger partial charge in [-0.1, -0.05) is 19.1 Å². The Morgan fingerprint density at radius 3 is 2.78 bits per heavy atom. The van der Waals surface area contributed by atoms with Crippen LogP contribution in [-0.2, 0) is 28.6 Å². The van der Waals surface area contributed by atoms with Crippen molar-refractivity contribution in [3.63, 3.8) is 0 Å². The van der Waals surface area contributed by atoms with E-state index in [4.69, 9.17) is 14.2 Å². The molecular weight excluding hydrogens is 352 g/mol. The molecule has 0 unspecified atom stereocenters. The number of aliphatic hydroxyl groups excluding tert-OH is 1. The zero-order valence-electron chi connectivity index (χ0n) is 15.9. The Balaban J connectivity index is 1.85. The molecule has 0 aromatic rings. The van der Waals surface area contributed by atoms with Crippen LogP contribution in [0.1, 0.15) is 34.1 Å². The molecule has 3 fully saturated rings. The number of Topliss-reactive ketones (excluding diaryl/α,β-unsaturated/α-hetero) is 1. The fourth-order valence-corrected chi connectivity index (χ4v) is 5.02. The van der Waals surface area contributed by atoms with Crippen molar-refractivity contribution in [1.29, 1.82) is 0 Å². The Bertz CT molecular complexity index is 796. The van der Waals surface area contributed by atoms with Gasteiger partial charge in [-0.2, -0.15) is 0 Å². The Hall–Kier alpha value is -1.99. The van der Waals surface area contributed by atoms with Gasteiger partial charge in [0.25, 0.3) is 0 Å². The first-order chi connectivity index (χ1) is 12.7. The van der Waals surface area contributed by atoms with E-state index in [1.165, 1.54) is 0 Å². The highest BCUT2D eigenvalue weighted by molar-refractivity contribution is 5.96. The molecule has 7 nitrogen and oxygen atoms in total. The van der Waals surface area contributed by atoms with Gasteiger partial charge in [0, 0.05) is 12.0 Å². The number of esters is 2. The van der Waals surface area contributed by atoms with E-state index in [0.29, 0.717) is 17.6 Å². The number of carbonyl (C=O) groups excluding carboxylic acids is 3. The second-order valence-corrected chi connectivity index (χ2v) is 8.09. The normalized spacial score (nSPS) is 45.3. The summed E-state index contributed by atoms with van der Waals surface area (Å²) in [5.41, 5.74) is -1.16. The molecule has 0 aromatic carbocycles. The van der Waals surface area contributed by atoms with Gasteiger partial charge < -0.3 is 19.3 Å². The predicted octanol–water partition coefficient (Wildman–Crippen LogP) is 1.09. The van der Waals surface area contributed by atoms with Crippen LogP contribution in [0.2, 0.25) is 0 Å². The minimum Gasteiger partial charge on any atom is -0.461 e. The summed E-state index contributed by atoms with van der Waals surface area (Å²) in [4.78, 5) is 38.0. The van der Waals surface area contributed by atoms with Crippen LogP contribution in [0, 0.1) is 17.8 Å². The smallest absolute Gasteiger partial charge is 0.334 e. The molecule has 0 aromatic heterocycles. The first-order valence-corrected chi connectivity index (χ1v) is 9.30. The molecule has 7 atom stereocenters. The van der Waals surface area contributed by atoms with Crippen LogP contribution in [0.25, 0.3) is 0 Å². The van der Waals surface area contributed by atoms with E-state index in [1.54, 1.807) is 33.8 Å². The first-order valence-electron chi connectivity index (χ1n) is 9.30. The molecule has 2 aliphatic carbocycles. The van der Waals surface area contributed by atoms with Gasteiger partial charge in [0.15, 0.2) is 11.4 Å². The molecule has 2 aliphatic heterocycles. The third-order valence-corrected chi connectivity index (χ3v) is 6.86. The summed E-state index contributed by atoms with van der Waals surface area (Å²) in [6, 6.07) is 0. The lowest BCUT2D eigenvalue weighted by atomic mass is 9.73. The summed E-state index contributed by atoms with van der Waals surface area (Å²) < 4.78 is 17.5. The molecule has 7 heteroatoms. The Morgan fingerprint density at radius 2 is 2.15 bits per heavy atom. The van der Waals surface area contributed by atoms with Gasteiger partial charge in [0.05, 0.1) is 24.4 Å². The number of fused-ring (bicyclic) bond motifs is 5. The van der Waals surface area contributed by atoms with Gasteiger partial charge in [-0.15, -0.1) is 0 Å². The van der Waals surface area contributed by atoms with Crippen LogP contribution >= 0.6 is 0 Å². The van der Waals surface area contributed by atoms with E-state index >= 15 is 0 Å². The number of carbonyl (C=O) groups is 3. The summed E-state index contributed by atoms with van der Waals surface area (Å²) >= 11 is 0. The number of ketones is 1. The number of epoxide rings is 1. The lowest BCUT2D eigenvalue weighted by Gasteiger charge is -2.41.